The van der Waals surface area contributed by atoms with Gasteiger partial charge in [0.15, 0.2) is 0 Å². The van der Waals surface area contributed by atoms with Gasteiger partial charge in [0.25, 0.3) is 0 Å². The van der Waals surface area contributed by atoms with E-state index in [1.165, 1.54) is 12.8 Å². The Morgan fingerprint density at radius 3 is 2.81 bits per heavy atom. The summed E-state index contributed by atoms with van der Waals surface area (Å²) < 4.78 is 0. The highest BCUT2D eigenvalue weighted by Gasteiger charge is 2.30. The fourth-order valence-electron chi connectivity index (χ4n) is 2.67. The molecule has 3 unspecified atom stereocenters. The fraction of sp³-hybridized carbons (Fsp3) is 0.917. The first-order valence-corrected chi connectivity index (χ1v) is 7.39. The minimum absolute atomic E-state index is 0.161. The van der Waals surface area contributed by atoms with E-state index in [-0.39, 0.29) is 29.7 Å². The number of hydrogen-bond acceptors (Lipinski definition) is 3. The van der Waals surface area contributed by atoms with Gasteiger partial charge in [0, 0.05) is 18.6 Å². The number of aliphatic hydroxyl groups excluding tert-OH is 1. The number of carbonyl (C=O) groups excluding carboxylic acids is 1. The van der Waals surface area contributed by atoms with Crippen LogP contribution in [0, 0.1) is 5.92 Å². The van der Waals surface area contributed by atoms with Crippen LogP contribution in [0.25, 0.3) is 0 Å². The van der Waals surface area contributed by atoms with Gasteiger partial charge in [-0.1, -0.05) is 12.8 Å². The molecule has 92 valence electrons. The highest BCUT2D eigenvalue weighted by molar-refractivity contribution is 8.00. The summed E-state index contributed by atoms with van der Waals surface area (Å²) in [5.74, 6) is 1.61. The van der Waals surface area contributed by atoms with Crippen molar-refractivity contribution in [3.63, 3.8) is 0 Å². The Morgan fingerprint density at radius 2 is 2.12 bits per heavy atom. The lowest BCUT2D eigenvalue weighted by molar-refractivity contribution is -0.121. The number of thioether (sulfide) groups is 1. The molecular weight excluding hydrogens is 222 g/mol. The van der Waals surface area contributed by atoms with E-state index in [4.69, 9.17) is 0 Å². The van der Waals surface area contributed by atoms with Crippen LogP contribution >= 0.6 is 11.8 Å². The zero-order valence-electron chi connectivity index (χ0n) is 9.65. The van der Waals surface area contributed by atoms with Gasteiger partial charge < -0.3 is 10.4 Å². The number of aliphatic hydroxyl groups is 1. The SMILES string of the molecule is O=C(NC1CCCC1CO)C1CCCCS1. The van der Waals surface area contributed by atoms with Crippen molar-refractivity contribution in [2.75, 3.05) is 12.4 Å². The molecule has 0 radical (unpaired) electrons. The topological polar surface area (TPSA) is 49.3 Å². The second-order valence-corrected chi connectivity index (χ2v) is 6.15. The number of amides is 1. The molecule has 0 aromatic heterocycles. The minimum Gasteiger partial charge on any atom is -0.396 e. The first-order valence-electron chi connectivity index (χ1n) is 6.34. The van der Waals surface area contributed by atoms with Gasteiger partial charge in [-0.25, -0.2) is 0 Å². The van der Waals surface area contributed by atoms with E-state index in [0.717, 1.165) is 31.4 Å². The second-order valence-electron chi connectivity index (χ2n) is 4.84. The Morgan fingerprint density at radius 1 is 1.25 bits per heavy atom. The lowest BCUT2D eigenvalue weighted by Gasteiger charge is -2.25. The molecule has 0 aromatic rings. The van der Waals surface area contributed by atoms with Gasteiger partial charge in [0.05, 0.1) is 5.25 Å². The molecule has 2 rings (SSSR count). The molecule has 2 fully saturated rings. The zero-order valence-corrected chi connectivity index (χ0v) is 10.5. The highest BCUT2D eigenvalue weighted by Crippen LogP contribution is 2.28. The van der Waals surface area contributed by atoms with E-state index in [2.05, 4.69) is 5.32 Å². The molecule has 4 heteroatoms. The third kappa shape index (κ3) is 2.92. The smallest absolute Gasteiger partial charge is 0.233 e. The normalized spacial score (nSPS) is 34.9. The van der Waals surface area contributed by atoms with Gasteiger partial charge in [-0.15, -0.1) is 11.8 Å². The average Bonchev–Trinajstić information content (AvgIpc) is 2.77. The van der Waals surface area contributed by atoms with Crippen LogP contribution in [0.4, 0.5) is 0 Å². The standard InChI is InChI=1S/C12H21NO2S/c14-8-9-4-3-5-10(9)13-12(15)11-6-1-2-7-16-11/h9-11,14H,1-8H2,(H,13,15). The van der Waals surface area contributed by atoms with E-state index in [1.54, 1.807) is 11.8 Å². The number of hydrogen-bond donors (Lipinski definition) is 2. The van der Waals surface area contributed by atoms with Gasteiger partial charge in [-0.05, 0) is 31.4 Å². The zero-order chi connectivity index (χ0) is 11.4. The molecule has 1 saturated carbocycles. The van der Waals surface area contributed by atoms with Gasteiger partial charge in [-0.3, -0.25) is 4.79 Å². The Balaban J connectivity index is 1.81. The highest BCUT2D eigenvalue weighted by atomic mass is 32.2. The van der Waals surface area contributed by atoms with E-state index in [1.807, 2.05) is 0 Å². The molecule has 3 nitrogen and oxygen atoms in total. The lowest BCUT2D eigenvalue weighted by atomic mass is 10.0. The predicted molar refractivity (Wildman–Crippen MR) is 66.5 cm³/mol. The van der Waals surface area contributed by atoms with Gasteiger partial charge in [-0.2, -0.15) is 0 Å². The van der Waals surface area contributed by atoms with Crippen LogP contribution in [0.1, 0.15) is 38.5 Å². The quantitative estimate of drug-likeness (QED) is 0.790. The Kier molecular flexibility index (Phi) is 4.53. The third-order valence-electron chi connectivity index (χ3n) is 3.69. The van der Waals surface area contributed by atoms with Crippen LogP contribution in [0.2, 0.25) is 0 Å². The maximum Gasteiger partial charge on any atom is 0.233 e. The molecule has 3 atom stereocenters. The molecule has 1 heterocycles. The monoisotopic (exact) mass is 243 g/mol. The first-order chi connectivity index (χ1) is 7.81. The molecule has 1 aliphatic carbocycles. The molecule has 1 aliphatic heterocycles. The van der Waals surface area contributed by atoms with E-state index in [9.17, 15) is 9.90 Å². The molecule has 2 N–H and O–H groups in total. The predicted octanol–water partition coefficient (Wildman–Crippen LogP) is 1.55. The second kappa shape index (κ2) is 5.92. The molecule has 0 aromatic carbocycles. The van der Waals surface area contributed by atoms with Gasteiger partial charge >= 0.3 is 0 Å². The summed E-state index contributed by atoms with van der Waals surface area (Å²) in [4.78, 5) is 12.0. The Hall–Kier alpha value is -0.220. The van der Waals surface area contributed by atoms with Gasteiger partial charge in [0.2, 0.25) is 5.91 Å². The van der Waals surface area contributed by atoms with Gasteiger partial charge in [0.1, 0.15) is 0 Å². The number of carbonyl (C=O) groups is 1. The van der Waals surface area contributed by atoms with Crippen LogP contribution in [0.5, 0.6) is 0 Å². The summed E-state index contributed by atoms with van der Waals surface area (Å²) in [6.07, 6.45) is 6.67. The van der Waals surface area contributed by atoms with E-state index in [0.29, 0.717) is 0 Å². The Labute approximate surface area is 101 Å². The van der Waals surface area contributed by atoms with E-state index >= 15 is 0 Å². The van der Waals surface area contributed by atoms with Crippen LogP contribution in [-0.4, -0.2) is 34.7 Å². The maximum atomic E-state index is 12.0. The lowest BCUT2D eigenvalue weighted by Crippen LogP contribution is -2.43. The van der Waals surface area contributed by atoms with Crippen molar-refractivity contribution >= 4 is 17.7 Å². The summed E-state index contributed by atoms with van der Waals surface area (Å²) >= 11 is 1.79. The maximum absolute atomic E-state index is 12.0. The van der Waals surface area contributed by atoms with Crippen molar-refractivity contribution in [2.24, 2.45) is 5.92 Å². The summed E-state index contributed by atoms with van der Waals surface area (Å²) in [6, 6.07) is 0.222. The summed E-state index contributed by atoms with van der Waals surface area (Å²) in [6.45, 7) is 0.211. The Bertz CT molecular complexity index is 241. The van der Waals surface area contributed by atoms with Crippen molar-refractivity contribution in [3.8, 4) is 0 Å². The van der Waals surface area contributed by atoms with Crippen LogP contribution < -0.4 is 5.32 Å². The number of rotatable bonds is 3. The van der Waals surface area contributed by atoms with Crippen LogP contribution in [-0.2, 0) is 4.79 Å². The molecule has 0 spiro atoms. The third-order valence-corrected chi connectivity index (χ3v) is 5.07. The molecule has 2 aliphatic rings. The van der Waals surface area contributed by atoms with Crippen LogP contribution in [0.15, 0.2) is 0 Å². The largest absolute Gasteiger partial charge is 0.396 e. The van der Waals surface area contributed by atoms with E-state index < -0.39 is 0 Å². The van der Waals surface area contributed by atoms with Crippen molar-refractivity contribution in [2.45, 2.75) is 49.8 Å². The molecule has 1 saturated heterocycles. The number of nitrogens with one attached hydrogen (secondary N) is 1. The molecule has 0 bridgehead atoms. The van der Waals surface area contributed by atoms with Crippen molar-refractivity contribution in [1.82, 2.24) is 5.32 Å². The van der Waals surface area contributed by atoms with Crippen molar-refractivity contribution < 1.29 is 9.90 Å². The molecule has 16 heavy (non-hydrogen) atoms. The van der Waals surface area contributed by atoms with Crippen molar-refractivity contribution in [1.29, 1.82) is 0 Å². The minimum atomic E-state index is 0.161. The summed E-state index contributed by atoms with van der Waals surface area (Å²) in [5, 5.41) is 12.5. The van der Waals surface area contributed by atoms with Crippen molar-refractivity contribution in [3.05, 3.63) is 0 Å². The molecular formula is C12H21NO2S. The average molecular weight is 243 g/mol. The first kappa shape index (κ1) is 12.2. The fourth-order valence-corrected chi connectivity index (χ4v) is 3.88. The van der Waals surface area contributed by atoms with Crippen LogP contribution in [0.3, 0.4) is 0 Å². The summed E-state index contributed by atoms with van der Waals surface area (Å²) in [7, 11) is 0. The summed E-state index contributed by atoms with van der Waals surface area (Å²) in [5.41, 5.74) is 0. The molecule has 1 amide bonds.